The highest BCUT2D eigenvalue weighted by Gasteiger charge is 2.14. The van der Waals surface area contributed by atoms with E-state index < -0.39 is 0 Å². The van der Waals surface area contributed by atoms with Crippen LogP contribution in [0.3, 0.4) is 0 Å². The van der Waals surface area contributed by atoms with Crippen LogP contribution < -0.4 is 9.47 Å². The van der Waals surface area contributed by atoms with E-state index in [2.05, 4.69) is 6.07 Å². The first-order valence-electron chi connectivity index (χ1n) is 5.51. The number of ether oxygens (including phenoxy) is 2. The second-order valence-electron chi connectivity index (χ2n) is 3.84. The molecule has 0 fully saturated rings. The normalized spacial score (nSPS) is 12.5. The van der Waals surface area contributed by atoms with Gasteiger partial charge < -0.3 is 9.47 Å². The summed E-state index contributed by atoms with van der Waals surface area (Å²) in [5.41, 5.74) is 1.50. The second kappa shape index (κ2) is 4.27. The Hall–Kier alpha value is -2.73. The van der Waals surface area contributed by atoms with Crippen molar-refractivity contribution in [2.24, 2.45) is 0 Å². The number of hydrogen-bond acceptors (Lipinski definition) is 3. The minimum Gasteiger partial charge on any atom is -0.457 e. The molecule has 0 amide bonds. The van der Waals surface area contributed by atoms with Gasteiger partial charge in [0.15, 0.2) is 17.3 Å². The van der Waals surface area contributed by atoms with Crippen molar-refractivity contribution in [3.05, 3.63) is 65.9 Å². The summed E-state index contributed by atoms with van der Waals surface area (Å²) in [6.07, 6.45) is 1.57. The summed E-state index contributed by atoms with van der Waals surface area (Å²) in [6.45, 7) is 0. The molecule has 0 aliphatic carbocycles. The Morgan fingerprint density at radius 1 is 0.889 bits per heavy atom. The molecule has 2 aromatic carbocycles. The Bertz CT molecular complexity index is 651. The van der Waals surface area contributed by atoms with Crippen LogP contribution in [0.2, 0.25) is 0 Å². The maximum Gasteiger partial charge on any atom is 0.170 e. The molecule has 0 atom stereocenters. The molecule has 0 saturated carbocycles. The average molecular weight is 235 g/mol. The fourth-order valence-electron chi connectivity index (χ4n) is 1.73. The first-order chi connectivity index (χ1) is 8.86. The lowest BCUT2D eigenvalue weighted by molar-refractivity contribution is 0.383. The Labute approximate surface area is 105 Å². The summed E-state index contributed by atoms with van der Waals surface area (Å²) in [5.74, 6) is 2.03. The predicted molar refractivity (Wildman–Crippen MR) is 66.8 cm³/mol. The molecule has 1 aliphatic rings. The fourth-order valence-corrected chi connectivity index (χ4v) is 1.73. The van der Waals surface area contributed by atoms with Crippen molar-refractivity contribution < 1.29 is 9.47 Å². The number of benzene rings is 2. The van der Waals surface area contributed by atoms with Gasteiger partial charge in [-0.2, -0.15) is 5.26 Å². The lowest BCUT2D eigenvalue weighted by Gasteiger charge is -2.17. The quantitative estimate of drug-likeness (QED) is 0.761. The van der Waals surface area contributed by atoms with Crippen molar-refractivity contribution in [1.82, 2.24) is 0 Å². The molecule has 0 bridgehead atoms. The van der Waals surface area contributed by atoms with Crippen LogP contribution in [0.4, 0.5) is 0 Å². The third-order valence-electron chi connectivity index (χ3n) is 2.66. The molecule has 2 aromatic rings. The van der Waals surface area contributed by atoms with E-state index in [1.807, 2.05) is 36.4 Å². The molecule has 0 saturated heterocycles. The maximum absolute atomic E-state index is 8.75. The minimum atomic E-state index is 0.622. The van der Waals surface area contributed by atoms with Crippen LogP contribution in [0, 0.1) is 11.3 Å². The molecule has 0 N–H and O–H groups in total. The third kappa shape index (κ3) is 1.80. The number of hydrogen-bond donors (Lipinski definition) is 0. The monoisotopic (exact) mass is 235 g/mol. The highest BCUT2D eigenvalue weighted by molar-refractivity contribution is 5.65. The molecule has 18 heavy (non-hydrogen) atoms. The van der Waals surface area contributed by atoms with Crippen LogP contribution in [0.25, 0.3) is 5.76 Å². The van der Waals surface area contributed by atoms with Gasteiger partial charge in [-0.25, -0.2) is 0 Å². The zero-order chi connectivity index (χ0) is 12.4. The molecule has 3 heteroatoms. The summed E-state index contributed by atoms with van der Waals surface area (Å²) in [6, 6.07) is 16.7. The van der Waals surface area contributed by atoms with Crippen LogP contribution in [0.5, 0.6) is 11.5 Å². The van der Waals surface area contributed by atoms with Gasteiger partial charge in [0.1, 0.15) is 6.26 Å². The summed E-state index contributed by atoms with van der Waals surface area (Å²) in [4.78, 5) is 0. The van der Waals surface area contributed by atoms with E-state index in [4.69, 9.17) is 14.7 Å². The van der Waals surface area contributed by atoms with Gasteiger partial charge in [-0.15, -0.1) is 0 Å². The molecule has 1 aliphatic heterocycles. The molecule has 3 rings (SSSR count). The van der Waals surface area contributed by atoms with E-state index in [0.29, 0.717) is 22.8 Å². The first-order valence-corrected chi connectivity index (χ1v) is 5.51. The molecule has 0 aromatic heterocycles. The van der Waals surface area contributed by atoms with Crippen molar-refractivity contribution in [3.8, 4) is 17.6 Å². The SMILES string of the molecule is N#Cc1ccc(C2=COc3ccccc3O2)cc1. The lowest BCUT2D eigenvalue weighted by atomic mass is 10.1. The Morgan fingerprint density at radius 2 is 1.61 bits per heavy atom. The Balaban J connectivity index is 1.91. The van der Waals surface area contributed by atoms with Crippen LogP contribution in [0.1, 0.15) is 11.1 Å². The van der Waals surface area contributed by atoms with E-state index in [9.17, 15) is 0 Å². The van der Waals surface area contributed by atoms with Crippen molar-refractivity contribution >= 4 is 5.76 Å². The van der Waals surface area contributed by atoms with Gasteiger partial charge in [-0.3, -0.25) is 0 Å². The van der Waals surface area contributed by atoms with Crippen LogP contribution in [0.15, 0.2) is 54.8 Å². The van der Waals surface area contributed by atoms with Gasteiger partial charge in [0.25, 0.3) is 0 Å². The molecule has 86 valence electrons. The van der Waals surface area contributed by atoms with E-state index >= 15 is 0 Å². The molecule has 1 heterocycles. The van der Waals surface area contributed by atoms with Crippen LogP contribution in [-0.4, -0.2) is 0 Å². The third-order valence-corrected chi connectivity index (χ3v) is 2.66. The van der Waals surface area contributed by atoms with Crippen molar-refractivity contribution in [2.75, 3.05) is 0 Å². The maximum atomic E-state index is 8.75. The molecule has 0 spiro atoms. The van der Waals surface area contributed by atoms with Gasteiger partial charge in [0.2, 0.25) is 0 Å². The van der Waals surface area contributed by atoms with E-state index in [-0.39, 0.29) is 0 Å². The largest absolute Gasteiger partial charge is 0.457 e. The topological polar surface area (TPSA) is 42.2 Å². The summed E-state index contributed by atoms with van der Waals surface area (Å²) in [5, 5.41) is 8.75. The highest BCUT2D eigenvalue weighted by atomic mass is 16.6. The summed E-state index contributed by atoms with van der Waals surface area (Å²) >= 11 is 0. The van der Waals surface area contributed by atoms with E-state index in [1.165, 1.54) is 0 Å². The summed E-state index contributed by atoms with van der Waals surface area (Å²) in [7, 11) is 0. The Morgan fingerprint density at radius 3 is 2.33 bits per heavy atom. The number of fused-ring (bicyclic) bond motifs is 1. The molecular formula is C15H9NO2. The lowest BCUT2D eigenvalue weighted by Crippen LogP contribution is -2.03. The summed E-state index contributed by atoms with van der Waals surface area (Å²) < 4.78 is 11.2. The van der Waals surface area contributed by atoms with Crippen molar-refractivity contribution in [2.45, 2.75) is 0 Å². The predicted octanol–water partition coefficient (Wildman–Crippen LogP) is 3.33. The molecule has 3 nitrogen and oxygen atoms in total. The van der Waals surface area contributed by atoms with E-state index in [0.717, 1.165) is 5.56 Å². The van der Waals surface area contributed by atoms with Crippen LogP contribution >= 0.6 is 0 Å². The van der Waals surface area contributed by atoms with Gasteiger partial charge >= 0.3 is 0 Å². The zero-order valence-electron chi connectivity index (χ0n) is 9.46. The van der Waals surface area contributed by atoms with Gasteiger partial charge in [-0.05, 0) is 36.4 Å². The molecule has 0 unspecified atom stereocenters. The molecular weight excluding hydrogens is 226 g/mol. The standard InChI is InChI=1S/C15H9NO2/c16-9-11-5-7-12(8-6-11)15-10-17-13-3-1-2-4-14(13)18-15/h1-8,10H. The highest BCUT2D eigenvalue weighted by Crippen LogP contribution is 2.34. The number of rotatable bonds is 1. The number of nitriles is 1. The van der Waals surface area contributed by atoms with E-state index in [1.54, 1.807) is 18.4 Å². The second-order valence-corrected chi connectivity index (χ2v) is 3.84. The number of para-hydroxylation sites is 2. The number of nitrogens with zero attached hydrogens (tertiary/aromatic N) is 1. The van der Waals surface area contributed by atoms with Crippen molar-refractivity contribution in [3.63, 3.8) is 0 Å². The minimum absolute atomic E-state index is 0.622. The van der Waals surface area contributed by atoms with Gasteiger partial charge in [0.05, 0.1) is 11.6 Å². The average Bonchev–Trinajstić information content (AvgIpc) is 2.47. The van der Waals surface area contributed by atoms with Crippen LogP contribution in [-0.2, 0) is 0 Å². The van der Waals surface area contributed by atoms with Gasteiger partial charge in [0, 0.05) is 5.56 Å². The zero-order valence-corrected chi connectivity index (χ0v) is 9.46. The first kappa shape index (κ1) is 10.4. The molecule has 0 radical (unpaired) electrons. The van der Waals surface area contributed by atoms with Crippen molar-refractivity contribution in [1.29, 1.82) is 5.26 Å². The smallest absolute Gasteiger partial charge is 0.170 e. The fraction of sp³-hybridized carbons (Fsp3) is 0. The Kier molecular flexibility index (Phi) is 2.47. The van der Waals surface area contributed by atoms with Gasteiger partial charge in [-0.1, -0.05) is 12.1 Å².